The molecule has 2 nitrogen and oxygen atoms in total. The van der Waals surface area contributed by atoms with E-state index >= 15 is 0 Å². The number of hydrogen-bond acceptors (Lipinski definition) is 1. The van der Waals surface area contributed by atoms with Crippen LogP contribution in [-0.4, -0.2) is 9.55 Å². The van der Waals surface area contributed by atoms with Gasteiger partial charge < -0.3 is 4.57 Å². The third-order valence-electron chi connectivity index (χ3n) is 11.2. The van der Waals surface area contributed by atoms with E-state index in [2.05, 4.69) is 174 Å². The first kappa shape index (κ1) is 27.7. The molecule has 50 heavy (non-hydrogen) atoms. The number of fused-ring (bicyclic) bond motifs is 12. The van der Waals surface area contributed by atoms with Crippen molar-refractivity contribution < 1.29 is 0 Å². The first-order valence-corrected chi connectivity index (χ1v) is 17.6. The van der Waals surface area contributed by atoms with Gasteiger partial charge in [-0.1, -0.05) is 140 Å². The Balaban J connectivity index is 1.26. The van der Waals surface area contributed by atoms with Crippen LogP contribution >= 0.6 is 0 Å². The number of allylic oxidation sites excluding steroid dienone is 4. The van der Waals surface area contributed by atoms with Crippen LogP contribution in [0.1, 0.15) is 40.8 Å². The molecule has 6 aromatic carbocycles. The van der Waals surface area contributed by atoms with Gasteiger partial charge >= 0.3 is 0 Å². The van der Waals surface area contributed by atoms with E-state index in [1.54, 1.807) is 0 Å². The summed E-state index contributed by atoms with van der Waals surface area (Å²) in [5.74, 6) is 0. The Hall–Kier alpha value is -6.25. The molecule has 3 heterocycles. The van der Waals surface area contributed by atoms with Gasteiger partial charge in [-0.15, -0.1) is 0 Å². The topological polar surface area (TPSA) is 17.8 Å². The molecule has 8 aromatic rings. The molecular formula is C48H32N2. The highest BCUT2D eigenvalue weighted by atomic mass is 15.0. The number of hydrogen-bond donors (Lipinski definition) is 0. The highest BCUT2D eigenvalue weighted by Gasteiger charge is 2.50. The number of pyridine rings is 1. The standard InChI is InChI=1S/C48H32N2/c1-3-14-31(15-4-1)43-29-34(30-44(49-43)32-16-5-2-6-17-32)33-26-27-46-42(28-33)48(39-22-10-7-18-35(39)36-19-8-11-23-40(36)48)41-24-13-21-38-37-20-9-12-25-45(37)50(46)47(38)41/h1,3-5,7-30H,2,6H2. The molecule has 0 N–H and O–H groups in total. The second kappa shape index (κ2) is 10.4. The van der Waals surface area contributed by atoms with Gasteiger partial charge in [0.25, 0.3) is 0 Å². The highest BCUT2D eigenvalue weighted by molar-refractivity contribution is 6.13. The van der Waals surface area contributed by atoms with Crippen molar-refractivity contribution in [1.82, 2.24) is 9.55 Å². The van der Waals surface area contributed by atoms with Crippen molar-refractivity contribution in [3.8, 4) is 39.2 Å². The van der Waals surface area contributed by atoms with Crippen LogP contribution in [0.3, 0.4) is 0 Å². The zero-order valence-corrected chi connectivity index (χ0v) is 27.5. The molecule has 234 valence electrons. The number of aromatic nitrogens is 2. The minimum Gasteiger partial charge on any atom is -0.309 e. The summed E-state index contributed by atoms with van der Waals surface area (Å²) >= 11 is 0. The summed E-state index contributed by atoms with van der Waals surface area (Å²) < 4.78 is 2.53. The lowest BCUT2D eigenvalue weighted by Crippen LogP contribution is -2.33. The SMILES string of the molecule is C1=CC(c2cc(-c3ccc4c(c3)C3(c5ccccc5-c5ccccc53)c3cccc5c6ccccc6n-4c35)cc(-c3ccccc3)n2)=CCC1. The Morgan fingerprint density at radius 3 is 2.00 bits per heavy atom. The van der Waals surface area contributed by atoms with Gasteiger partial charge in [-0.05, 0) is 93.3 Å². The quantitative estimate of drug-likeness (QED) is 0.189. The average molecular weight is 637 g/mol. The smallest absolute Gasteiger partial charge is 0.0754 e. The summed E-state index contributed by atoms with van der Waals surface area (Å²) in [4.78, 5) is 5.23. The number of para-hydroxylation sites is 2. The fraction of sp³-hybridized carbons (Fsp3) is 0.0625. The van der Waals surface area contributed by atoms with Crippen molar-refractivity contribution in [3.63, 3.8) is 0 Å². The van der Waals surface area contributed by atoms with Gasteiger partial charge in [-0.25, -0.2) is 4.98 Å². The fourth-order valence-electron chi connectivity index (χ4n) is 9.15. The molecule has 0 fully saturated rings. The van der Waals surface area contributed by atoms with Crippen LogP contribution in [0.4, 0.5) is 0 Å². The Morgan fingerprint density at radius 1 is 0.500 bits per heavy atom. The monoisotopic (exact) mass is 636 g/mol. The van der Waals surface area contributed by atoms with E-state index in [1.807, 2.05) is 0 Å². The molecule has 0 atom stereocenters. The molecule has 0 bridgehead atoms. The van der Waals surface area contributed by atoms with Crippen molar-refractivity contribution in [2.24, 2.45) is 0 Å². The Bertz CT molecular complexity index is 2710. The molecule has 3 aliphatic rings. The Labute approximate surface area is 291 Å². The molecule has 0 unspecified atom stereocenters. The highest BCUT2D eigenvalue weighted by Crippen LogP contribution is 2.61. The van der Waals surface area contributed by atoms with E-state index < -0.39 is 5.41 Å². The molecular weight excluding hydrogens is 605 g/mol. The maximum absolute atomic E-state index is 5.23. The lowest BCUT2D eigenvalue weighted by molar-refractivity contribution is 0.749. The fourth-order valence-corrected chi connectivity index (χ4v) is 9.15. The largest absolute Gasteiger partial charge is 0.309 e. The van der Waals surface area contributed by atoms with Crippen molar-refractivity contribution in [2.45, 2.75) is 18.3 Å². The maximum atomic E-state index is 5.23. The third-order valence-corrected chi connectivity index (χ3v) is 11.2. The minimum atomic E-state index is -0.477. The van der Waals surface area contributed by atoms with E-state index in [1.165, 1.54) is 77.6 Å². The minimum absolute atomic E-state index is 0.477. The number of nitrogens with zero attached hydrogens (tertiary/aromatic N) is 2. The van der Waals surface area contributed by atoms with E-state index in [-0.39, 0.29) is 0 Å². The average Bonchev–Trinajstić information content (AvgIpc) is 3.69. The van der Waals surface area contributed by atoms with Crippen LogP contribution in [-0.2, 0) is 5.41 Å². The van der Waals surface area contributed by atoms with Crippen molar-refractivity contribution >= 4 is 27.4 Å². The van der Waals surface area contributed by atoms with Gasteiger partial charge in [0.1, 0.15) is 0 Å². The third kappa shape index (κ3) is 3.65. The van der Waals surface area contributed by atoms with Gasteiger partial charge in [0.15, 0.2) is 0 Å². The molecule has 0 saturated heterocycles. The molecule has 0 radical (unpaired) electrons. The second-order valence-electron chi connectivity index (χ2n) is 13.8. The molecule has 2 heteroatoms. The summed E-state index contributed by atoms with van der Waals surface area (Å²) in [6.07, 6.45) is 8.94. The van der Waals surface area contributed by atoms with Crippen molar-refractivity contribution in [3.05, 3.63) is 198 Å². The van der Waals surface area contributed by atoms with E-state index in [0.29, 0.717) is 0 Å². The van der Waals surface area contributed by atoms with E-state index in [9.17, 15) is 0 Å². The molecule has 2 aliphatic carbocycles. The molecule has 0 saturated carbocycles. The predicted octanol–water partition coefficient (Wildman–Crippen LogP) is 11.9. The van der Waals surface area contributed by atoms with Crippen LogP contribution in [0.15, 0.2) is 170 Å². The molecule has 0 amide bonds. The van der Waals surface area contributed by atoms with Crippen molar-refractivity contribution in [1.29, 1.82) is 0 Å². The summed E-state index contributed by atoms with van der Waals surface area (Å²) in [6.45, 7) is 0. The van der Waals surface area contributed by atoms with Crippen LogP contribution in [0.25, 0.3) is 66.6 Å². The van der Waals surface area contributed by atoms with Crippen LogP contribution < -0.4 is 0 Å². The number of benzene rings is 6. The van der Waals surface area contributed by atoms with Gasteiger partial charge in [-0.3, -0.25) is 0 Å². The van der Waals surface area contributed by atoms with Gasteiger partial charge in [0.2, 0.25) is 0 Å². The molecule has 1 aliphatic heterocycles. The van der Waals surface area contributed by atoms with Gasteiger partial charge in [0, 0.05) is 16.3 Å². The number of rotatable bonds is 3. The molecule has 11 rings (SSSR count). The normalized spacial score (nSPS) is 14.8. The molecule has 2 aromatic heterocycles. The predicted molar refractivity (Wildman–Crippen MR) is 207 cm³/mol. The first-order chi connectivity index (χ1) is 24.8. The van der Waals surface area contributed by atoms with Crippen LogP contribution in [0.5, 0.6) is 0 Å². The zero-order valence-electron chi connectivity index (χ0n) is 27.5. The van der Waals surface area contributed by atoms with Crippen molar-refractivity contribution in [2.75, 3.05) is 0 Å². The van der Waals surface area contributed by atoms with Gasteiger partial charge in [-0.2, -0.15) is 0 Å². The first-order valence-electron chi connectivity index (χ1n) is 17.6. The zero-order chi connectivity index (χ0) is 32.8. The lowest BCUT2D eigenvalue weighted by atomic mass is 9.65. The Kier molecular flexibility index (Phi) is 5.74. The summed E-state index contributed by atoms with van der Waals surface area (Å²) in [5.41, 5.74) is 18.0. The lowest BCUT2D eigenvalue weighted by Gasteiger charge is -2.40. The van der Waals surface area contributed by atoms with Gasteiger partial charge in [0.05, 0.1) is 33.5 Å². The van der Waals surface area contributed by atoms with Crippen LogP contribution in [0, 0.1) is 0 Å². The second-order valence-corrected chi connectivity index (χ2v) is 13.8. The summed E-state index contributed by atoms with van der Waals surface area (Å²) in [5, 5.41) is 2.59. The summed E-state index contributed by atoms with van der Waals surface area (Å²) in [6, 6.07) is 56.3. The Morgan fingerprint density at radius 2 is 1.20 bits per heavy atom. The van der Waals surface area contributed by atoms with E-state index in [0.717, 1.165) is 29.8 Å². The molecule has 1 spiro atoms. The summed E-state index contributed by atoms with van der Waals surface area (Å²) in [7, 11) is 0. The maximum Gasteiger partial charge on any atom is 0.0754 e. The van der Waals surface area contributed by atoms with E-state index in [4.69, 9.17) is 4.98 Å². The van der Waals surface area contributed by atoms with Crippen LogP contribution in [0.2, 0.25) is 0 Å².